The lowest BCUT2D eigenvalue weighted by atomic mass is 10.0. The van der Waals surface area contributed by atoms with Gasteiger partial charge in [0.05, 0.1) is 32.0 Å². The van der Waals surface area contributed by atoms with Crippen molar-refractivity contribution >= 4 is 29.5 Å². The average molecular weight is 422 g/mol. The fourth-order valence-corrected chi connectivity index (χ4v) is 3.12. The maximum atomic E-state index is 14.1. The molecule has 0 aliphatic heterocycles. The van der Waals surface area contributed by atoms with E-state index in [0.717, 1.165) is 0 Å². The minimum atomic E-state index is -0.987. The average Bonchev–Trinajstić information content (AvgIpc) is 2.67. The van der Waals surface area contributed by atoms with Gasteiger partial charge in [0.15, 0.2) is 0 Å². The summed E-state index contributed by atoms with van der Waals surface area (Å²) in [6.45, 7) is 0. The molecular weight excluding hydrogens is 401 g/mol. The highest BCUT2D eigenvalue weighted by molar-refractivity contribution is 6.31. The van der Waals surface area contributed by atoms with Crippen LogP contribution in [0.3, 0.4) is 0 Å². The van der Waals surface area contributed by atoms with Crippen molar-refractivity contribution in [2.24, 2.45) is 5.73 Å². The second-order valence-corrected chi connectivity index (χ2v) is 6.62. The van der Waals surface area contributed by atoms with Crippen LogP contribution >= 0.6 is 11.6 Å². The molecule has 2 atom stereocenters. The molecule has 0 aliphatic rings. The second kappa shape index (κ2) is 10.4. The molecule has 0 fully saturated rings. The van der Waals surface area contributed by atoms with Crippen LogP contribution in [0.25, 0.3) is 0 Å². The fraction of sp³-hybridized carbons (Fsp3) is 0.250. The maximum Gasteiger partial charge on any atom is 0.312 e. The van der Waals surface area contributed by atoms with E-state index in [1.807, 2.05) is 0 Å². The molecular formula is C20H21ClFN3O4. The van der Waals surface area contributed by atoms with Crippen molar-refractivity contribution in [2.45, 2.75) is 24.9 Å². The van der Waals surface area contributed by atoms with Crippen LogP contribution in [0, 0.1) is 5.82 Å². The van der Waals surface area contributed by atoms with Gasteiger partial charge < -0.3 is 21.1 Å². The number of esters is 1. The van der Waals surface area contributed by atoms with Crippen LogP contribution in [-0.4, -0.2) is 25.0 Å². The highest BCUT2D eigenvalue weighted by atomic mass is 35.5. The molecule has 2 rings (SSSR count). The lowest BCUT2D eigenvalue weighted by Gasteiger charge is -2.22. The molecule has 9 heteroatoms. The first-order chi connectivity index (χ1) is 13.8. The van der Waals surface area contributed by atoms with Crippen molar-refractivity contribution in [1.29, 1.82) is 0 Å². The van der Waals surface area contributed by atoms with Gasteiger partial charge in [-0.15, -0.1) is 0 Å². The van der Waals surface area contributed by atoms with Gasteiger partial charge in [-0.2, -0.15) is 0 Å². The first-order valence-electron chi connectivity index (χ1n) is 8.72. The number of nitrogens with two attached hydrogens (primary N) is 1. The van der Waals surface area contributed by atoms with Gasteiger partial charge in [0, 0.05) is 10.6 Å². The Labute approximate surface area is 172 Å². The Morgan fingerprint density at radius 3 is 2.17 bits per heavy atom. The quantitative estimate of drug-likeness (QED) is 0.569. The number of amides is 3. The number of benzene rings is 2. The molecule has 2 aromatic rings. The summed E-state index contributed by atoms with van der Waals surface area (Å²) in [6.07, 6.45) is -0.453. The van der Waals surface area contributed by atoms with Crippen molar-refractivity contribution in [1.82, 2.24) is 10.6 Å². The first-order valence-corrected chi connectivity index (χ1v) is 9.10. The molecule has 0 aliphatic carbocycles. The predicted octanol–water partition coefficient (Wildman–Crippen LogP) is 3.00. The maximum absolute atomic E-state index is 14.1. The molecule has 0 heterocycles. The number of ether oxygens (including phenoxy) is 1. The number of halogens is 2. The molecule has 0 radical (unpaired) electrons. The summed E-state index contributed by atoms with van der Waals surface area (Å²) in [7, 11) is 1.23. The number of carbonyl (C=O) groups is 3. The summed E-state index contributed by atoms with van der Waals surface area (Å²) >= 11 is 6.19. The second-order valence-electron chi connectivity index (χ2n) is 6.21. The molecule has 0 unspecified atom stereocenters. The van der Waals surface area contributed by atoms with Gasteiger partial charge >= 0.3 is 12.0 Å². The van der Waals surface area contributed by atoms with Crippen molar-refractivity contribution in [3.8, 4) is 0 Å². The number of rotatable bonds is 8. The molecule has 0 bridgehead atoms. The van der Waals surface area contributed by atoms with Crippen molar-refractivity contribution in [3.05, 3.63) is 70.5 Å². The minimum absolute atomic E-state index is 0.115. The minimum Gasteiger partial charge on any atom is -0.469 e. The van der Waals surface area contributed by atoms with Crippen LogP contribution in [0.1, 0.15) is 36.1 Å². The Kier molecular flexibility index (Phi) is 7.97. The summed E-state index contributed by atoms with van der Waals surface area (Å²) in [6, 6.07) is 9.81. The third-order valence-corrected chi connectivity index (χ3v) is 4.55. The van der Waals surface area contributed by atoms with Crippen LogP contribution in [0.4, 0.5) is 9.18 Å². The highest BCUT2D eigenvalue weighted by Gasteiger charge is 2.25. The van der Waals surface area contributed by atoms with Crippen molar-refractivity contribution < 1.29 is 23.5 Å². The predicted molar refractivity (Wildman–Crippen MR) is 105 cm³/mol. The smallest absolute Gasteiger partial charge is 0.312 e. The molecule has 0 saturated carbocycles. The van der Waals surface area contributed by atoms with E-state index in [1.165, 1.54) is 25.3 Å². The van der Waals surface area contributed by atoms with Gasteiger partial charge in [-0.1, -0.05) is 48.0 Å². The largest absolute Gasteiger partial charge is 0.469 e. The first kappa shape index (κ1) is 22.2. The number of nitrogens with one attached hydrogen (secondary N) is 2. The summed E-state index contributed by atoms with van der Waals surface area (Å²) < 4.78 is 18.8. The molecule has 154 valence electrons. The SMILES string of the molecule is COC(=O)C[C@@H](NC(=O)C[C@H](NC(N)=O)c1ccccc1F)c1ccccc1Cl. The number of hydrogen-bond donors (Lipinski definition) is 3. The molecule has 3 amide bonds. The van der Waals surface area contributed by atoms with E-state index in [2.05, 4.69) is 15.4 Å². The Balaban J connectivity index is 2.22. The van der Waals surface area contributed by atoms with E-state index in [-0.39, 0.29) is 18.4 Å². The van der Waals surface area contributed by atoms with Crippen LogP contribution in [0.5, 0.6) is 0 Å². The third-order valence-electron chi connectivity index (χ3n) is 4.20. The van der Waals surface area contributed by atoms with Crippen molar-refractivity contribution in [2.75, 3.05) is 7.11 Å². The van der Waals surface area contributed by atoms with Gasteiger partial charge in [-0.25, -0.2) is 9.18 Å². The van der Waals surface area contributed by atoms with E-state index in [0.29, 0.717) is 10.6 Å². The van der Waals surface area contributed by atoms with Gasteiger partial charge in [0.2, 0.25) is 5.91 Å². The summed E-state index contributed by atoms with van der Waals surface area (Å²) in [5.41, 5.74) is 5.81. The standard InChI is InChI=1S/C20H21ClFN3O4/c1-29-19(27)11-17(12-6-2-4-8-14(12)21)24-18(26)10-16(25-20(23)28)13-7-3-5-9-15(13)22/h2-9,16-17H,10-11H2,1H3,(H,24,26)(H3,23,25,28)/t16-,17+/m0/s1. The van der Waals surface area contributed by atoms with Gasteiger partial charge in [-0.05, 0) is 17.7 Å². The molecule has 0 saturated heterocycles. The number of primary amides is 1. The molecule has 0 spiro atoms. The molecule has 7 nitrogen and oxygen atoms in total. The summed E-state index contributed by atoms with van der Waals surface area (Å²) in [4.78, 5) is 35.8. The zero-order valence-corrected chi connectivity index (χ0v) is 16.4. The number of methoxy groups -OCH3 is 1. The van der Waals surface area contributed by atoms with E-state index in [1.54, 1.807) is 30.3 Å². The van der Waals surface area contributed by atoms with Gasteiger partial charge in [0.25, 0.3) is 0 Å². The zero-order valence-electron chi connectivity index (χ0n) is 15.7. The number of hydrogen-bond acceptors (Lipinski definition) is 4. The Morgan fingerprint density at radius 1 is 1.00 bits per heavy atom. The van der Waals surface area contributed by atoms with Crippen LogP contribution in [0.2, 0.25) is 5.02 Å². The number of carbonyl (C=O) groups excluding carboxylic acids is 3. The highest BCUT2D eigenvalue weighted by Crippen LogP contribution is 2.26. The lowest BCUT2D eigenvalue weighted by Crippen LogP contribution is -2.38. The van der Waals surface area contributed by atoms with E-state index >= 15 is 0 Å². The summed E-state index contributed by atoms with van der Waals surface area (Å²) in [5, 5.41) is 5.42. The Hall–Kier alpha value is -3.13. The Morgan fingerprint density at radius 2 is 1.59 bits per heavy atom. The van der Waals surface area contributed by atoms with E-state index < -0.39 is 35.8 Å². The summed E-state index contributed by atoms with van der Waals surface area (Å²) in [5.74, 6) is -1.67. The van der Waals surface area contributed by atoms with Gasteiger partial charge in [0.1, 0.15) is 5.82 Å². The monoisotopic (exact) mass is 421 g/mol. The third kappa shape index (κ3) is 6.46. The Bertz CT molecular complexity index is 894. The fourth-order valence-electron chi connectivity index (χ4n) is 2.85. The van der Waals surface area contributed by atoms with E-state index in [9.17, 15) is 18.8 Å². The van der Waals surface area contributed by atoms with Crippen molar-refractivity contribution in [3.63, 3.8) is 0 Å². The normalized spacial score (nSPS) is 12.5. The van der Waals surface area contributed by atoms with Gasteiger partial charge in [-0.3, -0.25) is 9.59 Å². The molecule has 2 aromatic carbocycles. The molecule has 0 aromatic heterocycles. The van der Waals surface area contributed by atoms with E-state index in [4.69, 9.17) is 17.3 Å². The molecule has 4 N–H and O–H groups in total. The number of urea groups is 1. The van der Waals surface area contributed by atoms with Crippen LogP contribution in [0.15, 0.2) is 48.5 Å². The van der Waals surface area contributed by atoms with Crippen LogP contribution in [-0.2, 0) is 14.3 Å². The lowest BCUT2D eigenvalue weighted by molar-refractivity contribution is -0.141. The zero-order chi connectivity index (χ0) is 21.4. The molecule has 29 heavy (non-hydrogen) atoms. The van der Waals surface area contributed by atoms with Crippen LogP contribution < -0.4 is 16.4 Å². The topological polar surface area (TPSA) is 111 Å².